The van der Waals surface area contributed by atoms with E-state index in [4.69, 9.17) is 0 Å². The lowest BCUT2D eigenvalue weighted by molar-refractivity contribution is -0.220. The molecule has 2 nitrogen and oxygen atoms in total. The monoisotopic (exact) mass is 432 g/mol. The molecule has 31 heavy (non-hydrogen) atoms. The average molecular weight is 433 g/mol. The zero-order valence-corrected chi connectivity index (χ0v) is 21.5. The standard InChI is InChI=1S/C29H52O2/c1-7-21(19(2)3)9-8-20(4)24-10-11-25-23-13-17-29(31)18-22(30)12-16-28(29,6)26(23)14-15-27(24,25)5/h19-26,30-31H,7-18H2,1-6H3. The second-order valence-corrected chi connectivity index (χ2v) is 13.5. The summed E-state index contributed by atoms with van der Waals surface area (Å²) < 4.78 is 0. The minimum atomic E-state index is -0.628. The van der Waals surface area contributed by atoms with Crippen molar-refractivity contribution in [2.75, 3.05) is 0 Å². The summed E-state index contributed by atoms with van der Waals surface area (Å²) >= 11 is 0. The van der Waals surface area contributed by atoms with Crippen LogP contribution >= 0.6 is 0 Å². The fraction of sp³-hybridized carbons (Fsp3) is 1.00. The van der Waals surface area contributed by atoms with E-state index in [0.29, 0.717) is 17.8 Å². The molecular weight excluding hydrogens is 380 g/mol. The van der Waals surface area contributed by atoms with Crippen molar-refractivity contribution < 1.29 is 10.2 Å². The summed E-state index contributed by atoms with van der Waals surface area (Å²) in [6, 6.07) is 0. The molecule has 0 amide bonds. The Morgan fingerprint density at radius 3 is 2.29 bits per heavy atom. The summed E-state index contributed by atoms with van der Waals surface area (Å²) in [6.45, 7) is 14.8. The van der Waals surface area contributed by atoms with Gasteiger partial charge in [0.05, 0.1) is 11.7 Å². The summed E-state index contributed by atoms with van der Waals surface area (Å²) in [5, 5.41) is 21.9. The maximum absolute atomic E-state index is 11.6. The van der Waals surface area contributed by atoms with E-state index < -0.39 is 5.60 Å². The quantitative estimate of drug-likeness (QED) is 0.465. The Morgan fingerprint density at radius 2 is 1.61 bits per heavy atom. The van der Waals surface area contributed by atoms with Crippen molar-refractivity contribution in [3.63, 3.8) is 0 Å². The van der Waals surface area contributed by atoms with Crippen LogP contribution in [0.2, 0.25) is 0 Å². The first kappa shape index (κ1) is 24.1. The van der Waals surface area contributed by atoms with Crippen LogP contribution in [-0.2, 0) is 0 Å². The van der Waals surface area contributed by atoms with E-state index in [9.17, 15) is 10.2 Å². The van der Waals surface area contributed by atoms with Gasteiger partial charge in [0.1, 0.15) is 0 Å². The maximum atomic E-state index is 11.6. The Labute approximate surface area is 193 Å². The van der Waals surface area contributed by atoms with E-state index in [-0.39, 0.29) is 11.5 Å². The lowest BCUT2D eigenvalue weighted by Gasteiger charge is -2.64. The molecule has 4 aliphatic carbocycles. The Bertz CT molecular complexity index is 630. The topological polar surface area (TPSA) is 40.5 Å². The van der Waals surface area contributed by atoms with Crippen molar-refractivity contribution in [1.29, 1.82) is 0 Å². The molecule has 0 aliphatic heterocycles. The van der Waals surface area contributed by atoms with Gasteiger partial charge in [0.25, 0.3) is 0 Å². The van der Waals surface area contributed by atoms with Crippen LogP contribution in [-0.4, -0.2) is 21.9 Å². The number of rotatable bonds is 6. The van der Waals surface area contributed by atoms with Crippen molar-refractivity contribution in [1.82, 2.24) is 0 Å². The van der Waals surface area contributed by atoms with Crippen molar-refractivity contribution >= 4 is 0 Å². The van der Waals surface area contributed by atoms with Crippen LogP contribution in [0.3, 0.4) is 0 Å². The highest BCUT2D eigenvalue weighted by Gasteiger charge is 2.64. The molecule has 0 spiro atoms. The number of aliphatic hydroxyl groups excluding tert-OH is 1. The van der Waals surface area contributed by atoms with Crippen molar-refractivity contribution in [2.24, 2.45) is 52.3 Å². The molecule has 2 N–H and O–H groups in total. The van der Waals surface area contributed by atoms with E-state index in [1.54, 1.807) is 0 Å². The third-order valence-electron chi connectivity index (χ3n) is 12.0. The van der Waals surface area contributed by atoms with Crippen LogP contribution in [0.25, 0.3) is 0 Å². The first-order valence-electron chi connectivity index (χ1n) is 14.0. The van der Waals surface area contributed by atoms with Crippen LogP contribution < -0.4 is 0 Å². The number of aliphatic hydroxyl groups is 2. The highest BCUT2D eigenvalue weighted by molar-refractivity contribution is 5.14. The highest BCUT2D eigenvalue weighted by atomic mass is 16.3. The smallest absolute Gasteiger partial charge is 0.0728 e. The zero-order valence-electron chi connectivity index (χ0n) is 21.5. The summed E-state index contributed by atoms with van der Waals surface area (Å²) in [5.41, 5.74) is -0.0944. The SMILES string of the molecule is CCC(CCC(C)C1CCC2C3CCC4(O)CC(O)CCC4(C)C3CCC12C)C(C)C. The lowest BCUT2D eigenvalue weighted by Crippen LogP contribution is -2.62. The normalized spacial score (nSPS) is 49.3. The molecule has 0 radical (unpaired) electrons. The molecule has 0 heterocycles. The molecule has 0 aromatic rings. The average Bonchev–Trinajstić information content (AvgIpc) is 3.06. The van der Waals surface area contributed by atoms with Crippen LogP contribution in [0, 0.1) is 52.3 Å². The molecule has 0 aromatic heterocycles. The van der Waals surface area contributed by atoms with Gasteiger partial charge in [-0.3, -0.25) is 0 Å². The molecule has 2 heteroatoms. The molecule has 0 aromatic carbocycles. The fourth-order valence-electron chi connectivity index (χ4n) is 9.89. The van der Waals surface area contributed by atoms with Crippen molar-refractivity contribution in [2.45, 2.75) is 130 Å². The van der Waals surface area contributed by atoms with E-state index in [1.807, 2.05) is 0 Å². The first-order chi connectivity index (χ1) is 14.6. The van der Waals surface area contributed by atoms with Gasteiger partial charge in [-0.2, -0.15) is 0 Å². The Morgan fingerprint density at radius 1 is 0.871 bits per heavy atom. The molecule has 10 unspecified atom stereocenters. The van der Waals surface area contributed by atoms with Crippen molar-refractivity contribution in [3.05, 3.63) is 0 Å². The van der Waals surface area contributed by atoms with Gasteiger partial charge >= 0.3 is 0 Å². The summed E-state index contributed by atoms with van der Waals surface area (Å²) in [5.74, 6) is 5.77. The highest BCUT2D eigenvalue weighted by Crippen LogP contribution is 2.69. The van der Waals surface area contributed by atoms with Crippen LogP contribution in [0.5, 0.6) is 0 Å². The minimum absolute atomic E-state index is 0.0196. The summed E-state index contributed by atoms with van der Waals surface area (Å²) in [7, 11) is 0. The molecule has 0 saturated heterocycles. The predicted octanol–water partition coefficient (Wildman–Crippen LogP) is 7.22. The summed E-state index contributed by atoms with van der Waals surface area (Å²) in [4.78, 5) is 0. The second-order valence-electron chi connectivity index (χ2n) is 13.5. The van der Waals surface area contributed by atoms with Gasteiger partial charge in [-0.15, -0.1) is 0 Å². The lowest BCUT2D eigenvalue weighted by atomic mass is 9.43. The Hall–Kier alpha value is -0.0800. The van der Waals surface area contributed by atoms with Crippen LogP contribution in [0.4, 0.5) is 0 Å². The van der Waals surface area contributed by atoms with Gasteiger partial charge < -0.3 is 10.2 Å². The molecule has 4 saturated carbocycles. The van der Waals surface area contributed by atoms with E-state index in [0.717, 1.165) is 54.8 Å². The van der Waals surface area contributed by atoms with Gasteiger partial charge in [-0.1, -0.05) is 54.4 Å². The molecule has 180 valence electrons. The second kappa shape index (κ2) is 8.61. The third-order valence-corrected chi connectivity index (χ3v) is 12.0. The Kier molecular flexibility index (Phi) is 6.68. The largest absolute Gasteiger partial charge is 0.393 e. The van der Waals surface area contributed by atoms with Crippen LogP contribution in [0.15, 0.2) is 0 Å². The van der Waals surface area contributed by atoms with E-state index >= 15 is 0 Å². The first-order valence-corrected chi connectivity index (χ1v) is 14.0. The molecule has 4 rings (SSSR count). The van der Waals surface area contributed by atoms with Gasteiger partial charge in [0.15, 0.2) is 0 Å². The van der Waals surface area contributed by atoms with E-state index in [1.165, 1.54) is 51.4 Å². The molecule has 0 bridgehead atoms. The van der Waals surface area contributed by atoms with Gasteiger partial charge in [0, 0.05) is 6.42 Å². The molecule has 4 fully saturated rings. The van der Waals surface area contributed by atoms with Crippen molar-refractivity contribution in [3.8, 4) is 0 Å². The molecule has 4 aliphatic rings. The fourth-order valence-corrected chi connectivity index (χ4v) is 9.89. The van der Waals surface area contributed by atoms with Crippen LogP contribution in [0.1, 0.15) is 119 Å². The molecular formula is C29H52O2. The van der Waals surface area contributed by atoms with Gasteiger partial charge in [0.2, 0.25) is 0 Å². The van der Waals surface area contributed by atoms with Gasteiger partial charge in [-0.25, -0.2) is 0 Å². The van der Waals surface area contributed by atoms with Gasteiger partial charge in [-0.05, 0) is 110 Å². The minimum Gasteiger partial charge on any atom is -0.393 e. The number of hydrogen-bond acceptors (Lipinski definition) is 2. The Balaban J connectivity index is 1.48. The number of hydrogen-bond donors (Lipinski definition) is 2. The molecule has 10 atom stereocenters. The predicted molar refractivity (Wildman–Crippen MR) is 130 cm³/mol. The zero-order chi connectivity index (χ0) is 22.6. The maximum Gasteiger partial charge on any atom is 0.0728 e. The van der Waals surface area contributed by atoms with E-state index in [2.05, 4.69) is 41.5 Å². The summed E-state index contributed by atoms with van der Waals surface area (Å²) in [6.07, 6.45) is 14.0. The number of fused-ring (bicyclic) bond motifs is 5. The third kappa shape index (κ3) is 3.84.